The molecule has 3 rings (SSSR count). The van der Waals surface area contributed by atoms with Crippen LogP contribution in [-0.4, -0.2) is 21.6 Å². The predicted octanol–water partition coefficient (Wildman–Crippen LogP) is 4.24. The molecule has 1 N–H and O–H groups in total. The summed E-state index contributed by atoms with van der Waals surface area (Å²) in [5.41, 5.74) is 2.51. The van der Waals surface area contributed by atoms with Crippen LogP contribution in [0, 0.1) is 12.7 Å². The first kappa shape index (κ1) is 18.9. The molecule has 1 heterocycles. The lowest BCUT2D eigenvalue weighted by Gasteiger charge is -2.20. The number of fused-ring (bicyclic) bond motifs is 1. The molecule has 2 aromatic carbocycles. The summed E-state index contributed by atoms with van der Waals surface area (Å²) in [6.45, 7) is 4.05. The number of benzene rings is 2. The van der Waals surface area contributed by atoms with Gasteiger partial charge in [-0.15, -0.1) is 0 Å². The zero-order valence-corrected chi connectivity index (χ0v) is 16.0. The van der Waals surface area contributed by atoms with Gasteiger partial charge in [0.05, 0.1) is 9.93 Å². The maximum atomic E-state index is 13.5. The van der Waals surface area contributed by atoms with Crippen molar-refractivity contribution in [3.63, 3.8) is 0 Å². The first-order valence-corrected chi connectivity index (χ1v) is 10.0. The van der Waals surface area contributed by atoms with E-state index in [4.69, 9.17) is 16.3 Å². The van der Waals surface area contributed by atoms with Crippen LogP contribution in [0.5, 0.6) is 5.75 Å². The summed E-state index contributed by atoms with van der Waals surface area (Å²) in [6.07, 6.45) is 1.40. The third-order valence-electron chi connectivity index (χ3n) is 4.28. The Morgan fingerprint density at radius 2 is 1.96 bits per heavy atom. The molecule has 0 amide bonds. The smallest absolute Gasteiger partial charge is 0.240 e. The highest BCUT2D eigenvalue weighted by Crippen LogP contribution is 2.35. The predicted molar refractivity (Wildman–Crippen MR) is 101 cm³/mol. The molecule has 7 heteroatoms. The molecule has 4 nitrogen and oxygen atoms in total. The van der Waals surface area contributed by atoms with Gasteiger partial charge in [-0.3, -0.25) is 0 Å². The Bertz CT molecular complexity index is 955. The van der Waals surface area contributed by atoms with E-state index in [0.29, 0.717) is 11.3 Å². The van der Waals surface area contributed by atoms with Crippen molar-refractivity contribution in [3.05, 3.63) is 68.8 Å². The van der Waals surface area contributed by atoms with Gasteiger partial charge in [-0.1, -0.05) is 48.4 Å². The molecule has 1 atom stereocenters. The highest BCUT2D eigenvalue weighted by Gasteiger charge is 2.25. The molecule has 26 heavy (non-hydrogen) atoms. The summed E-state index contributed by atoms with van der Waals surface area (Å²) in [6, 6.07) is 10.3. The first-order chi connectivity index (χ1) is 12.3. The summed E-state index contributed by atoms with van der Waals surface area (Å²) >= 11 is 5.93. The van der Waals surface area contributed by atoms with Crippen LogP contribution >= 0.6 is 11.6 Å². The fourth-order valence-electron chi connectivity index (χ4n) is 2.69. The van der Waals surface area contributed by atoms with Gasteiger partial charge in [-0.05, 0) is 36.6 Å². The average Bonchev–Trinajstić information content (AvgIpc) is 2.59. The number of nitrogens with one attached hydrogen (secondary N) is 1. The van der Waals surface area contributed by atoms with Gasteiger partial charge in [-0.2, -0.15) is 0 Å². The highest BCUT2D eigenvalue weighted by molar-refractivity contribution is 7.93. The number of rotatable bonds is 5. The maximum Gasteiger partial charge on any atom is 0.240 e. The number of hydrogen-bond acceptors (Lipinski definition) is 3. The largest absolute Gasteiger partial charge is 0.486 e. The van der Waals surface area contributed by atoms with E-state index in [9.17, 15) is 12.8 Å². The number of hydrogen-bond donors (Lipinski definition) is 1. The molecule has 0 aromatic heterocycles. The van der Waals surface area contributed by atoms with Crippen LogP contribution in [0.1, 0.15) is 29.5 Å². The Balaban J connectivity index is 1.76. The van der Waals surface area contributed by atoms with Crippen molar-refractivity contribution >= 4 is 27.7 Å². The minimum Gasteiger partial charge on any atom is -0.486 e. The molecule has 138 valence electrons. The van der Waals surface area contributed by atoms with Crippen molar-refractivity contribution in [2.45, 2.75) is 19.8 Å². The normalized spacial score (nSPS) is 15.0. The quantitative estimate of drug-likeness (QED) is 0.823. The van der Waals surface area contributed by atoms with Crippen molar-refractivity contribution in [2.75, 3.05) is 13.2 Å². The Morgan fingerprint density at radius 1 is 1.27 bits per heavy atom. The molecule has 0 aliphatic carbocycles. The lowest BCUT2D eigenvalue weighted by molar-refractivity contribution is 0.352. The summed E-state index contributed by atoms with van der Waals surface area (Å²) < 4.78 is 46.7. The van der Waals surface area contributed by atoms with E-state index in [1.54, 1.807) is 0 Å². The van der Waals surface area contributed by atoms with E-state index >= 15 is 0 Å². The zero-order valence-electron chi connectivity index (χ0n) is 14.4. The van der Waals surface area contributed by atoms with Gasteiger partial charge in [0.15, 0.2) is 0 Å². The van der Waals surface area contributed by atoms with Gasteiger partial charge in [0.1, 0.15) is 18.2 Å². The molecular weight excluding hydrogens is 377 g/mol. The second-order valence-corrected chi connectivity index (χ2v) is 8.60. The van der Waals surface area contributed by atoms with Crippen LogP contribution in [0.4, 0.5) is 4.39 Å². The van der Waals surface area contributed by atoms with Crippen molar-refractivity contribution in [1.29, 1.82) is 0 Å². The van der Waals surface area contributed by atoms with Crippen molar-refractivity contribution < 1.29 is 17.5 Å². The molecule has 1 unspecified atom stereocenters. The number of ether oxygens (including phenoxy) is 1. The third-order valence-corrected chi connectivity index (χ3v) is 6.04. The van der Waals surface area contributed by atoms with E-state index in [1.165, 1.54) is 12.1 Å². The van der Waals surface area contributed by atoms with Crippen LogP contribution in [0.2, 0.25) is 5.02 Å². The molecule has 2 aromatic rings. The van der Waals surface area contributed by atoms with Crippen molar-refractivity contribution in [1.82, 2.24) is 4.72 Å². The zero-order chi connectivity index (χ0) is 18.9. The SMILES string of the molecule is Cc1ccc(C(C)CNS(=O)(=O)C2=Cc3cc(F)cc(Cl)c3OC2)cc1. The average molecular weight is 396 g/mol. The maximum absolute atomic E-state index is 13.5. The van der Waals surface area contributed by atoms with Gasteiger partial charge < -0.3 is 4.74 Å². The van der Waals surface area contributed by atoms with Crippen LogP contribution in [-0.2, 0) is 10.0 Å². The highest BCUT2D eigenvalue weighted by atomic mass is 35.5. The first-order valence-electron chi connectivity index (χ1n) is 8.15. The summed E-state index contributed by atoms with van der Waals surface area (Å²) in [7, 11) is -3.74. The molecule has 1 aliphatic heterocycles. The van der Waals surface area contributed by atoms with Crippen LogP contribution < -0.4 is 9.46 Å². The van der Waals surface area contributed by atoms with Crippen LogP contribution in [0.3, 0.4) is 0 Å². The molecule has 0 fully saturated rings. The molecule has 0 radical (unpaired) electrons. The Hall–Kier alpha value is -1.89. The van der Waals surface area contributed by atoms with E-state index < -0.39 is 15.8 Å². The van der Waals surface area contributed by atoms with Gasteiger partial charge in [0.25, 0.3) is 0 Å². The lowest BCUT2D eigenvalue weighted by Crippen LogP contribution is -2.31. The lowest BCUT2D eigenvalue weighted by atomic mass is 10.0. The molecule has 0 spiro atoms. The fourth-order valence-corrected chi connectivity index (χ4v) is 4.11. The van der Waals surface area contributed by atoms with E-state index in [2.05, 4.69) is 4.72 Å². The fraction of sp³-hybridized carbons (Fsp3) is 0.263. The van der Waals surface area contributed by atoms with E-state index in [-0.39, 0.29) is 29.0 Å². The van der Waals surface area contributed by atoms with Gasteiger partial charge in [-0.25, -0.2) is 17.5 Å². The second-order valence-electron chi connectivity index (χ2n) is 6.37. The molecular formula is C19H19ClFNO3S. The summed E-state index contributed by atoms with van der Waals surface area (Å²) in [4.78, 5) is 0.0442. The molecule has 1 aliphatic rings. The summed E-state index contributed by atoms with van der Waals surface area (Å²) in [5.74, 6) is -0.247. The molecule has 0 saturated heterocycles. The Kier molecular flexibility index (Phi) is 5.37. The number of sulfonamides is 1. The van der Waals surface area contributed by atoms with Crippen molar-refractivity contribution in [3.8, 4) is 5.75 Å². The minimum atomic E-state index is -3.74. The van der Waals surface area contributed by atoms with Crippen LogP contribution in [0.15, 0.2) is 41.3 Å². The van der Waals surface area contributed by atoms with Gasteiger partial charge in [0, 0.05) is 12.1 Å². The number of aryl methyl sites for hydroxylation is 1. The topological polar surface area (TPSA) is 55.4 Å². The summed E-state index contributed by atoms with van der Waals surface area (Å²) in [5, 5.41) is 0.119. The van der Waals surface area contributed by atoms with Crippen LogP contribution in [0.25, 0.3) is 6.08 Å². The van der Waals surface area contributed by atoms with Crippen molar-refractivity contribution in [2.24, 2.45) is 0 Å². The Labute approximate surface area is 157 Å². The second kappa shape index (κ2) is 7.39. The molecule has 0 saturated carbocycles. The van der Waals surface area contributed by atoms with Gasteiger partial charge in [0.2, 0.25) is 10.0 Å². The third kappa shape index (κ3) is 4.09. The van der Waals surface area contributed by atoms with E-state index in [1.807, 2.05) is 38.1 Å². The number of halogens is 2. The molecule has 0 bridgehead atoms. The minimum absolute atomic E-state index is 0.00894. The monoisotopic (exact) mass is 395 g/mol. The standard InChI is InChI=1S/C19H19ClFNO3S/c1-12-3-5-14(6-4-12)13(2)10-22-26(23,24)17-8-15-7-16(21)9-18(20)19(15)25-11-17/h3-9,13,22H,10-11H2,1-2H3. The van der Waals surface area contributed by atoms with Gasteiger partial charge >= 0.3 is 0 Å². The Morgan fingerprint density at radius 3 is 2.65 bits per heavy atom. The van der Waals surface area contributed by atoms with E-state index in [0.717, 1.165) is 17.2 Å².